The van der Waals surface area contributed by atoms with Gasteiger partial charge in [-0.3, -0.25) is 9.89 Å². The third kappa shape index (κ3) is 1.10. The van der Waals surface area contributed by atoms with Crippen LogP contribution < -0.4 is 5.73 Å². The highest BCUT2D eigenvalue weighted by Gasteiger charge is 2.10. The lowest BCUT2D eigenvalue weighted by atomic mass is 10.2. The number of rotatable bonds is 1. The predicted molar refractivity (Wildman–Crippen MR) is 46.3 cm³/mol. The number of hydrogen-bond acceptors (Lipinski definition) is 3. The minimum atomic E-state index is -0.614. The molecule has 5 nitrogen and oxygen atoms in total. The zero-order valence-corrected chi connectivity index (χ0v) is 6.61. The average Bonchev–Trinajstić information content (AvgIpc) is 2.46. The second-order valence-corrected chi connectivity index (χ2v) is 2.67. The molecule has 0 spiro atoms. The molecule has 13 heavy (non-hydrogen) atoms. The number of aromatic amines is 1. The van der Waals surface area contributed by atoms with Crippen molar-refractivity contribution in [1.29, 1.82) is 0 Å². The molecule has 4 N–H and O–H groups in total. The monoisotopic (exact) mass is 177 g/mol. The molecule has 1 heterocycles. The van der Waals surface area contributed by atoms with Crippen molar-refractivity contribution in [2.45, 2.75) is 0 Å². The molecule has 1 aromatic carbocycles. The molecule has 2 rings (SSSR count). The van der Waals surface area contributed by atoms with Crippen molar-refractivity contribution in [3.05, 3.63) is 23.9 Å². The Kier molecular flexibility index (Phi) is 1.45. The van der Waals surface area contributed by atoms with Crippen LogP contribution in [0, 0.1) is 0 Å². The topological polar surface area (TPSA) is 92.0 Å². The van der Waals surface area contributed by atoms with Crippen LogP contribution in [-0.2, 0) is 0 Å². The maximum absolute atomic E-state index is 10.8. The summed E-state index contributed by atoms with van der Waals surface area (Å²) >= 11 is 0. The molecule has 5 heteroatoms. The Morgan fingerprint density at radius 2 is 2.31 bits per heavy atom. The number of nitrogens with one attached hydrogen (secondary N) is 1. The largest absolute Gasteiger partial charge is 0.508 e. The van der Waals surface area contributed by atoms with Crippen LogP contribution in [0.25, 0.3) is 10.9 Å². The van der Waals surface area contributed by atoms with Crippen LogP contribution in [0.4, 0.5) is 0 Å². The van der Waals surface area contributed by atoms with Crippen LogP contribution in [-0.4, -0.2) is 21.2 Å². The first kappa shape index (κ1) is 7.60. The molecule has 0 saturated carbocycles. The number of phenols is 1. The van der Waals surface area contributed by atoms with E-state index in [4.69, 9.17) is 10.8 Å². The number of amides is 1. The number of phenolic OH excluding ortho intramolecular Hbond substituents is 1. The second kappa shape index (κ2) is 2.48. The summed E-state index contributed by atoms with van der Waals surface area (Å²) in [5, 5.41) is 16.1. The van der Waals surface area contributed by atoms with Crippen LogP contribution in [0.1, 0.15) is 10.5 Å². The summed E-state index contributed by atoms with van der Waals surface area (Å²) in [5.41, 5.74) is 5.89. The van der Waals surface area contributed by atoms with Crippen molar-refractivity contribution in [3.63, 3.8) is 0 Å². The van der Waals surface area contributed by atoms with Crippen molar-refractivity contribution < 1.29 is 9.90 Å². The molecule has 0 aliphatic rings. The molecule has 0 saturated heterocycles. The summed E-state index contributed by atoms with van der Waals surface area (Å²) < 4.78 is 0. The number of aromatic nitrogens is 2. The Labute approximate surface area is 73.2 Å². The van der Waals surface area contributed by atoms with E-state index < -0.39 is 5.91 Å². The normalized spacial score (nSPS) is 10.5. The molecule has 0 atom stereocenters. The molecule has 1 aromatic heterocycles. The number of primary amides is 1. The van der Waals surface area contributed by atoms with E-state index in [0.717, 1.165) is 0 Å². The highest BCUT2D eigenvalue weighted by Crippen LogP contribution is 2.20. The van der Waals surface area contributed by atoms with Crippen LogP contribution in [0.15, 0.2) is 18.2 Å². The van der Waals surface area contributed by atoms with Crippen LogP contribution in [0.3, 0.4) is 0 Å². The third-order valence-electron chi connectivity index (χ3n) is 1.78. The number of fused-ring (bicyclic) bond motifs is 1. The lowest BCUT2D eigenvalue weighted by Crippen LogP contribution is -2.11. The van der Waals surface area contributed by atoms with Crippen LogP contribution in [0.5, 0.6) is 5.75 Å². The number of carbonyl (C=O) groups excluding carboxylic acids is 1. The quantitative estimate of drug-likeness (QED) is 0.587. The number of nitrogens with two attached hydrogens (primary N) is 1. The van der Waals surface area contributed by atoms with E-state index in [-0.39, 0.29) is 11.4 Å². The number of carbonyl (C=O) groups is 1. The van der Waals surface area contributed by atoms with Gasteiger partial charge in [-0.25, -0.2) is 0 Å². The van der Waals surface area contributed by atoms with Gasteiger partial charge in [-0.05, 0) is 18.2 Å². The molecule has 0 aliphatic carbocycles. The standard InChI is InChI=1S/C8H7N3O2/c9-8(13)7-5-3-4(12)1-2-6(5)10-11-7/h1-3,12H,(H2,9,13)(H,10,11). The van der Waals surface area contributed by atoms with Crippen molar-refractivity contribution in [3.8, 4) is 5.75 Å². The smallest absolute Gasteiger partial charge is 0.269 e. The van der Waals surface area contributed by atoms with Gasteiger partial charge in [0.1, 0.15) is 5.75 Å². The van der Waals surface area contributed by atoms with E-state index in [1.807, 2.05) is 0 Å². The fraction of sp³-hybridized carbons (Fsp3) is 0. The molecular weight excluding hydrogens is 170 g/mol. The summed E-state index contributed by atoms with van der Waals surface area (Å²) in [6.45, 7) is 0. The molecule has 1 amide bonds. The summed E-state index contributed by atoms with van der Waals surface area (Å²) in [6, 6.07) is 4.58. The minimum absolute atomic E-state index is 0.0800. The third-order valence-corrected chi connectivity index (χ3v) is 1.78. The van der Waals surface area contributed by atoms with Gasteiger partial charge in [0.2, 0.25) is 0 Å². The zero-order valence-electron chi connectivity index (χ0n) is 6.61. The van der Waals surface area contributed by atoms with Gasteiger partial charge >= 0.3 is 0 Å². The predicted octanol–water partition coefficient (Wildman–Crippen LogP) is 0.367. The first-order valence-electron chi connectivity index (χ1n) is 3.65. The molecule has 66 valence electrons. The molecule has 0 unspecified atom stereocenters. The van der Waals surface area contributed by atoms with E-state index in [1.165, 1.54) is 12.1 Å². The van der Waals surface area contributed by atoms with Gasteiger partial charge < -0.3 is 10.8 Å². The Hall–Kier alpha value is -2.04. The van der Waals surface area contributed by atoms with Gasteiger partial charge in [0.15, 0.2) is 5.69 Å². The maximum Gasteiger partial charge on any atom is 0.269 e. The van der Waals surface area contributed by atoms with Crippen molar-refractivity contribution in [2.24, 2.45) is 5.73 Å². The average molecular weight is 177 g/mol. The number of benzene rings is 1. The lowest BCUT2D eigenvalue weighted by Gasteiger charge is -1.92. The fourth-order valence-corrected chi connectivity index (χ4v) is 1.19. The molecule has 0 radical (unpaired) electrons. The molecule has 0 fully saturated rings. The summed E-state index contributed by atoms with van der Waals surface area (Å²) in [5.74, 6) is -0.534. The summed E-state index contributed by atoms with van der Waals surface area (Å²) in [7, 11) is 0. The SMILES string of the molecule is NC(=O)c1n[nH]c2ccc(O)cc12. The van der Waals surface area contributed by atoms with Crippen molar-refractivity contribution in [2.75, 3.05) is 0 Å². The van der Waals surface area contributed by atoms with Gasteiger partial charge in [-0.1, -0.05) is 0 Å². The summed E-state index contributed by atoms with van der Waals surface area (Å²) in [4.78, 5) is 10.8. The highest BCUT2D eigenvalue weighted by molar-refractivity contribution is 6.04. The zero-order chi connectivity index (χ0) is 9.42. The van der Waals surface area contributed by atoms with E-state index in [1.54, 1.807) is 6.07 Å². The second-order valence-electron chi connectivity index (χ2n) is 2.67. The number of nitrogens with zero attached hydrogens (tertiary/aromatic N) is 1. The highest BCUT2D eigenvalue weighted by atomic mass is 16.3. The fourth-order valence-electron chi connectivity index (χ4n) is 1.19. The lowest BCUT2D eigenvalue weighted by molar-refractivity contribution is 0.0997. The molecular formula is C8H7N3O2. The number of hydrogen-bond donors (Lipinski definition) is 3. The number of aromatic hydroxyl groups is 1. The Morgan fingerprint density at radius 1 is 1.54 bits per heavy atom. The summed E-state index contributed by atoms with van der Waals surface area (Å²) in [6.07, 6.45) is 0. The van der Waals surface area contributed by atoms with Crippen molar-refractivity contribution in [1.82, 2.24) is 10.2 Å². The van der Waals surface area contributed by atoms with E-state index in [9.17, 15) is 4.79 Å². The van der Waals surface area contributed by atoms with Gasteiger partial charge in [-0.2, -0.15) is 5.10 Å². The Bertz CT molecular complexity index is 475. The van der Waals surface area contributed by atoms with Crippen LogP contribution in [0.2, 0.25) is 0 Å². The van der Waals surface area contributed by atoms with E-state index in [2.05, 4.69) is 10.2 Å². The minimum Gasteiger partial charge on any atom is -0.508 e. The Morgan fingerprint density at radius 3 is 3.00 bits per heavy atom. The van der Waals surface area contributed by atoms with Gasteiger partial charge in [0.25, 0.3) is 5.91 Å². The number of H-pyrrole nitrogens is 1. The van der Waals surface area contributed by atoms with E-state index in [0.29, 0.717) is 10.9 Å². The van der Waals surface area contributed by atoms with Gasteiger partial charge in [0.05, 0.1) is 5.52 Å². The first-order valence-corrected chi connectivity index (χ1v) is 3.65. The van der Waals surface area contributed by atoms with Crippen molar-refractivity contribution >= 4 is 16.8 Å². The Balaban J connectivity index is 2.79. The molecule has 0 aliphatic heterocycles. The van der Waals surface area contributed by atoms with E-state index >= 15 is 0 Å². The first-order chi connectivity index (χ1) is 6.18. The maximum atomic E-state index is 10.8. The van der Waals surface area contributed by atoms with Gasteiger partial charge in [0, 0.05) is 5.39 Å². The molecule has 2 aromatic rings. The van der Waals surface area contributed by atoms with Crippen LogP contribution >= 0.6 is 0 Å². The molecule has 0 bridgehead atoms. The van der Waals surface area contributed by atoms with Gasteiger partial charge in [-0.15, -0.1) is 0 Å².